The van der Waals surface area contributed by atoms with Gasteiger partial charge in [-0.2, -0.15) is 26.3 Å². The van der Waals surface area contributed by atoms with E-state index < -0.39 is 61.5 Å². The maximum Gasteiger partial charge on any atom is 0.435 e. The van der Waals surface area contributed by atoms with E-state index in [4.69, 9.17) is 0 Å². The Morgan fingerprint density at radius 1 is 0.889 bits per heavy atom. The Bertz CT molecular complexity index is 1600. The van der Waals surface area contributed by atoms with E-state index in [1.165, 1.54) is 17.0 Å². The molecule has 6 nitrogen and oxygen atoms in total. The highest BCUT2D eigenvalue weighted by Gasteiger charge is 2.74. The van der Waals surface area contributed by atoms with E-state index in [1.54, 1.807) is 26.0 Å². The van der Waals surface area contributed by atoms with Gasteiger partial charge in [-0.25, -0.2) is 12.8 Å². The molecule has 1 amide bonds. The number of carbonyl (C=O) groups is 2. The maximum atomic E-state index is 15.0. The molecule has 246 valence electrons. The second-order valence-electron chi connectivity index (χ2n) is 12.7. The maximum absolute atomic E-state index is 15.0. The number of carbonyl (C=O) groups excluding carboxylic acids is 1. The third kappa shape index (κ3) is 4.93. The van der Waals surface area contributed by atoms with Gasteiger partial charge in [-0.15, -0.1) is 0 Å². The Balaban J connectivity index is 1.64. The molecule has 2 unspecified atom stereocenters. The molecule has 2 aromatic rings. The number of carboxylic acids is 1. The van der Waals surface area contributed by atoms with Crippen molar-refractivity contribution in [3.05, 3.63) is 64.7 Å². The molecule has 1 saturated carbocycles. The molecule has 2 atom stereocenters. The molecular formula is C31H32F7NO5S. The molecule has 1 heterocycles. The number of rotatable bonds is 5. The summed E-state index contributed by atoms with van der Waals surface area (Å²) in [5.74, 6) is -1.96. The molecule has 45 heavy (non-hydrogen) atoms. The van der Waals surface area contributed by atoms with Crippen LogP contribution in [0, 0.1) is 18.3 Å². The molecule has 1 saturated heterocycles. The third-order valence-corrected chi connectivity index (χ3v) is 12.6. The largest absolute Gasteiger partial charge is 0.481 e. The average Bonchev–Trinajstić information content (AvgIpc) is 3.37. The van der Waals surface area contributed by atoms with E-state index in [1.807, 2.05) is 0 Å². The van der Waals surface area contributed by atoms with Crippen molar-refractivity contribution >= 4 is 21.7 Å². The number of sulfone groups is 1. The summed E-state index contributed by atoms with van der Waals surface area (Å²) in [6, 6.07) is 6.43. The van der Waals surface area contributed by atoms with Crippen LogP contribution in [0.15, 0.2) is 47.4 Å². The van der Waals surface area contributed by atoms with Crippen molar-refractivity contribution in [1.82, 2.24) is 4.90 Å². The van der Waals surface area contributed by atoms with Crippen molar-refractivity contribution in [1.29, 1.82) is 0 Å². The minimum absolute atomic E-state index is 0.0636. The lowest BCUT2D eigenvalue weighted by atomic mass is 9.70. The van der Waals surface area contributed by atoms with Crippen LogP contribution in [0.5, 0.6) is 0 Å². The molecule has 1 N–H and O–H groups in total. The van der Waals surface area contributed by atoms with Crippen molar-refractivity contribution < 1.29 is 53.8 Å². The van der Waals surface area contributed by atoms with Crippen LogP contribution in [0.25, 0.3) is 0 Å². The fraction of sp³-hybridized carbons (Fsp3) is 0.548. The molecule has 0 aromatic heterocycles. The minimum atomic E-state index is -6.34. The molecule has 2 fully saturated rings. The lowest BCUT2D eigenvalue weighted by Gasteiger charge is -2.45. The molecule has 2 aromatic carbocycles. The van der Waals surface area contributed by atoms with E-state index in [2.05, 4.69) is 0 Å². The highest BCUT2D eigenvalue weighted by atomic mass is 32.2. The molecule has 0 bridgehead atoms. The van der Waals surface area contributed by atoms with Crippen LogP contribution in [0.4, 0.5) is 30.7 Å². The number of nitrogens with zero attached hydrogens (tertiary/aromatic N) is 1. The second-order valence-corrected chi connectivity index (χ2v) is 14.9. The van der Waals surface area contributed by atoms with Crippen molar-refractivity contribution in [3.63, 3.8) is 0 Å². The summed E-state index contributed by atoms with van der Waals surface area (Å²) in [4.78, 5) is 26.9. The number of fused-ring (bicyclic) bond motifs is 3. The van der Waals surface area contributed by atoms with E-state index >= 15 is 4.39 Å². The fourth-order valence-electron chi connectivity index (χ4n) is 7.46. The number of hydrogen-bond acceptors (Lipinski definition) is 4. The van der Waals surface area contributed by atoms with Gasteiger partial charge >= 0.3 is 24.0 Å². The number of aliphatic carboxylic acids is 1. The van der Waals surface area contributed by atoms with Gasteiger partial charge in [0.15, 0.2) is 9.84 Å². The SMILES string of the molecule is Cc1ccc(S(=O)(=O)C23CCN(C(=O)[C@]4(C)CC[C@@H](C(=O)O)CC4)C2CCc2cc(C(F)(C(F)(F)F)C(F)(F)F)ccc23)cc1. The standard InChI is InChI=1S/C31H32F7NO5S/c1-18-3-7-22(8-4-18)45(43,44)28-15-16-39(26(42)27(2)13-11-19(12-14-27)25(40)41)24(28)10-5-20-17-21(6-9-23(20)28)29(32,30(33,34)35)31(36,37)38/h3-4,6-9,17,19,24H,5,10-16H2,1-2H3,(H,40,41)/t19-,24?,27-,28?. The van der Waals surface area contributed by atoms with Gasteiger partial charge in [0, 0.05) is 17.5 Å². The lowest BCUT2D eigenvalue weighted by molar-refractivity contribution is -0.348. The number of benzene rings is 2. The van der Waals surface area contributed by atoms with E-state index in [0.717, 1.165) is 11.6 Å². The van der Waals surface area contributed by atoms with Gasteiger partial charge in [0.1, 0.15) is 4.75 Å². The van der Waals surface area contributed by atoms with Crippen LogP contribution < -0.4 is 0 Å². The Morgan fingerprint density at radius 3 is 2.00 bits per heavy atom. The van der Waals surface area contributed by atoms with Crippen LogP contribution in [0.3, 0.4) is 0 Å². The zero-order valence-electron chi connectivity index (χ0n) is 24.4. The summed E-state index contributed by atoms with van der Waals surface area (Å²) < 4.78 is 124. The molecule has 14 heteroatoms. The van der Waals surface area contributed by atoms with E-state index in [-0.39, 0.29) is 73.4 Å². The number of alkyl halides is 7. The zero-order valence-corrected chi connectivity index (χ0v) is 25.3. The minimum Gasteiger partial charge on any atom is -0.481 e. The summed E-state index contributed by atoms with van der Waals surface area (Å²) in [6.07, 6.45) is -12.2. The number of aryl methyl sites for hydroxylation is 2. The van der Waals surface area contributed by atoms with Gasteiger partial charge in [-0.05, 0) is 75.1 Å². The molecule has 2 aliphatic carbocycles. The van der Waals surface area contributed by atoms with Crippen LogP contribution in [0.1, 0.15) is 67.7 Å². The Morgan fingerprint density at radius 2 is 1.47 bits per heavy atom. The van der Waals surface area contributed by atoms with Gasteiger partial charge in [0.05, 0.1) is 16.9 Å². The second kappa shape index (κ2) is 10.7. The Hall–Kier alpha value is -3.16. The first kappa shape index (κ1) is 33.2. The van der Waals surface area contributed by atoms with Gasteiger partial charge in [-0.3, -0.25) is 9.59 Å². The predicted octanol–water partition coefficient (Wildman–Crippen LogP) is 6.78. The number of halogens is 7. The number of likely N-dealkylation sites (tertiary alicyclic amines) is 1. The number of hydrogen-bond donors (Lipinski definition) is 1. The molecule has 1 aliphatic heterocycles. The van der Waals surface area contributed by atoms with Crippen molar-refractivity contribution in [2.75, 3.05) is 6.54 Å². The molecule has 0 spiro atoms. The Labute approximate surface area is 255 Å². The molecule has 3 aliphatic rings. The monoisotopic (exact) mass is 663 g/mol. The molecular weight excluding hydrogens is 631 g/mol. The van der Waals surface area contributed by atoms with Crippen molar-refractivity contribution in [2.45, 2.75) is 92.5 Å². The average molecular weight is 664 g/mol. The highest BCUT2D eigenvalue weighted by molar-refractivity contribution is 7.92. The quantitative estimate of drug-likeness (QED) is 0.356. The summed E-state index contributed by atoms with van der Waals surface area (Å²) in [5.41, 5.74) is -7.87. The third-order valence-electron chi connectivity index (χ3n) is 10.1. The summed E-state index contributed by atoms with van der Waals surface area (Å²) in [7, 11) is -4.44. The fourth-order valence-corrected chi connectivity index (χ4v) is 9.83. The summed E-state index contributed by atoms with van der Waals surface area (Å²) in [6.45, 7) is 3.36. The zero-order chi connectivity index (χ0) is 33.4. The van der Waals surface area contributed by atoms with Crippen molar-refractivity contribution in [3.8, 4) is 0 Å². The van der Waals surface area contributed by atoms with E-state index in [0.29, 0.717) is 12.1 Å². The Kier molecular flexibility index (Phi) is 7.90. The first-order valence-corrected chi connectivity index (χ1v) is 16.0. The summed E-state index contributed by atoms with van der Waals surface area (Å²) in [5, 5.41) is 9.40. The van der Waals surface area contributed by atoms with Crippen LogP contribution >= 0.6 is 0 Å². The molecule has 5 rings (SSSR count). The van der Waals surface area contributed by atoms with Crippen LogP contribution in [-0.4, -0.2) is 55.2 Å². The summed E-state index contributed by atoms with van der Waals surface area (Å²) >= 11 is 0. The number of amides is 1. The first-order valence-electron chi connectivity index (χ1n) is 14.5. The van der Waals surface area contributed by atoms with Gasteiger partial charge in [0.25, 0.3) is 0 Å². The normalized spacial score (nSPS) is 27.5. The van der Waals surface area contributed by atoms with E-state index in [9.17, 15) is 49.5 Å². The van der Waals surface area contributed by atoms with Gasteiger partial charge in [-0.1, -0.05) is 42.8 Å². The lowest BCUT2D eigenvalue weighted by Crippen LogP contribution is -2.55. The topological polar surface area (TPSA) is 91.8 Å². The van der Waals surface area contributed by atoms with Crippen LogP contribution in [0.2, 0.25) is 0 Å². The first-order chi connectivity index (χ1) is 20.7. The van der Waals surface area contributed by atoms with Gasteiger partial charge < -0.3 is 10.0 Å². The molecule has 0 radical (unpaired) electrons. The smallest absolute Gasteiger partial charge is 0.435 e. The van der Waals surface area contributed by atoms with Crippen LogP contribution in [-0.2, 0) is 36.3 Å². The van der Waals surface area contributed by atoms with Crippen molar-refractivity contribution in [2.24, 2.45) is 11.3 Å². The number of carboxylic acid groups (broad SMARTS) is 1. The predicted molar refractivity (Wildman–Crippen MR) is 148 cm³/mol. The van der Waals surface area contributed by atoms with Gasteiger partial charge in [0.2, 0.25) is 5.91 Å². The highest BCUT2D eigenvalue weighted by Crippen LogP contribution is 2.57.